The molecule has 40 heavy (non-hydrogen) atoms. The molecule has 0 saturated carbocycles. The molecule has 1 aliphatic heterocycles. The number of carbonyl (C=O) groups is 2. The van der Waals surface area contributed by atoms with Gasteiger partial charge in [0.1, 0.15) is 5.60 Å². The fourth-order valence-corrected chi connectivity index (χ4v) is 2.91. The zero-order valence-corrected chi connectivity index (χ0v) is 22.8. The number of nitro groups is 2. The molecule has 0 aromatic heterocycles. The Kier molecular flexibility index (Phi) is 15.2. The molecule has 2 amide bonds. The van der Waals surface area contributed by atoms with E-state index in [4.69, 9.17) is 19.3 Å². The predicted octanol–water partition coefficient (Wildman–Crippen LogP) is 4.23. The van der Waals surface area contributed by atoms with Gasteiger partial charge in [-0.1, -0.05) is 24.3 Å². The van der Waals surface area contributed by atoms with Gasteiger partial charge in [0.05, 0.1) is 16.5 Å². The number of nitrogens with one attached hydrogen (secondary N) is 2. The van der Waals surface area contributed by atoms with Crippen LogP contribution in [0.15, 0.2) is 48.5 Å². The van der Waals surface area contributed by atoms with E-state index in [2.05, 4.69) is 0 Å². The number of hydrazine groups is 1. The van der Waals surface area contributed by atoms with Gasteiger partial charge in [0, 0.05) is 50.5 Å². The van der Waals surface area contributed by atoms with E-state index in [-0.39, 0.29) is 24.6 Å². The van der Waals surface area contributed by atoms with Crippen LogP contribution >= 0.6 is 0 Å². The fraction of sp³-hybridized carbons (Fsp3) is 0.462. The highest BCUT2D eigenvalue weighted by Gasteiger charge is 2.16. The number of hydrogen-bond acceptors (Lipinski definition) is 10. The fourth-order valence-electron chi connectivity index (χ4n) is 2.91. The van der Waals surface area contributed by atoms with Crippen molar-refractivity contribution < 1.29 is 38.8 Å². The first kappa shape index (κ1) is 33.7. The molecule has 14 heteroatoms. The Morgan fingerprint density at radius 2 is 1.30 bits per heavy atom. The van der Waals surface area contributed by atoms with E-state index in [9.17, 15) is 29.8 Å². The summed E-state index contributed by atoms with van der Waals surface area (Å²) in [7, 11) is 0. The molecule has 1 fully saturated rings. The molecule has 3 N–H and O–H groups in total. The van der Waals surface area contributed by atoms with Crippen molar-refractivity contribution in [3.63, 3.8) is 0 Å². The lowest BCUT2D eigenvalue weighted by Crippen LogP contribution is -2.44. The van der Waals surface area contributed by atoms with Gasteiger partial charge in [0.2, 0.25) is 0 Å². The number of aliphatic hydroxyl groups is 1. The number of hydrogen-bond donors (Lipinski definition) is 3. The van der Waals surface area contributed by atoms with Gasteiger partial charge in [0.25, 0.3) is 11.4 Å². The standard InChI is InChI=1S/C14H19N3O6.C8H9NO3.C4H8O/c1-14(2,3)23-13(19)16-15-12(18)22-9-8-10-4-6-11(7-5-10)17(20)21;10-6-5-7-1-3-8(4-2-7)9(11)12;1-2-4-5-3-1/h4-7H,8-9H2,1-3H3,(H,15,18)(H,16,19);1-4,10H,5-6H2;1-4H2. The molecule has 0 aliphatic carbocycles. The van der Waals surface area contributed by atoms with Crippen LogP contribution in [0.2, 0.25) is 0 Å². The number of rotatable bonds is 7. The average Bonchev–Trinajstić information content (AvgIpc) is 3.48. The third-order valence-electron chi connectivity index (χ3n) is 4.81. The number of carbonyl (C=O) groups excluding carboxylic acids is 2. The molecule has 0 unspecified atom stereocenters. The Morgan fingerprint density at radius 1 is 0.850 bits per heavy atom. The van der Waals surface area contributed by atoms with Crippen LogP contribution in [0.3, 0.4) is 0 Å². The summed E-state index contributed by atoms with van der Waals surface area (Å²) in [4.78, 5) is 42.4. The van der Waals surface area contributed by atoms with E-state index in [1.165, 1.54) is 37.1 Å². The van der Waals surface area contributed by atoms with Crippen LogP contribution in [0.1, 0.15) is 44.7 Å². The normalized spacial score (nSPS) is 12.0. The van der Waals surface area contributed by atoms with Crippen LogP contribution < -0.4 is 10.9 Å². The quantitative estimate of drug-likeness (QED) is 0.324. The van der Waals surface area contributed by atoms with Gasteiger partial charge in [-0.15, -0.1) is 0 Å². The van der Waals surface area contributed by atoms with E-state index < -0.39 is 27.6 Å². The van der Waals surface area contributed by atoms with Crippen LogP contribution in [-0.4, -0.2) is 59.2 Å². The zero-order valence-electron chi connectivity index (χ0n) is 22.8. The van der Waals surface area contributed by atoms with Crippen molar-refractivity contribution in [2.45, 2.75) is 52.1 Å². The topological polar surface area (TPSA) is 192 Å². The molecule has 14 nitrogen and oxygen atoms in total. The van der Waals surface area contributed by atoms with Crippen molar-refractivity contribution in [2.75, 3.05) is 26.4 Å². The Bertz CT molecular complexity index is 1060. The summed E-state index contributed by atoms with van der Waals surface area (Å²) in [5.41, 5.74) is 5.17. The molecule has 1 saturated heterocycles. The molecule has 1 aliphatic rings. The Hall–Kier alpha value is -4.30. The predicted molar refractivity (Wildman–Crippen MR) is 145 cm³/mol. The van der Waals surface area contributed by atoms with Gasteiger partial charge >= 0.3 is 12.2 Å². The van der Waals surface area contributed by atoms with E-state index in [1.54, 1.807) is 45.0 Å². The minimum absolute atomic E-state index is 0.00558. The molecule has 1 heterocycles. The molecule has 3 rings (SSSR count). The van der Waals surface area contributed by atoms with Crippen molar-refractivity contribution in [3.8, 4) is 0 Å². The van der Waals surface area contributed by atoms with E-state index >= 15 is 0 Å². The summed E-state index contributed by atoms with van der Waals surface area (Å²) in [6.45, 7) is 7.19. The lowest BCUT2D eigenvalue weighted by molar-refractivity contribution is -0.385. The summed E-state index contributed by atoms with van der Waals surface area (Å²) in [6, 6.07) is 12.1. The summed E-state index contributed by atoms with van der Waals surface area (Å²) in [6.07, 6.45) is 1.85. The maximum atomic E-state index is 11.4. The highest BCUT2D eigenvalue weighted by Crippen LogP contribution is 2.13. The van der Waals surface area contributed by atoms with Crippen molar-refractivity contribution in [2.24, 2.45) is 0 Å². The SMILES string of the molecule is C1CCOC1.CC(C)(C)OC(=O)NNC(=O)OCCc1ccc([N+](=O)[O-])cc1.O=[N+]([O-])c1ccc(CCO)cc1. The molecule has 2 aromatic carbocycles. The molecular formula is C26H36N4O10. The second-order valence-electron chi connectivity index (χ2n) is 9.28. The van der Waals surface area contributed by atoms with E-state index in [0.717, 1.165) is 24.3 Å². The maximum Gasteiger partial charge on any atom is 0.426 e. The first-order chi connectivity index (χ1) is 18.9. The number of benzene rings is 2. The molecule has 0 spiro atoms. The number of non-ortho nitro benzene ring substituents is 2. The number of nitro benzene ring substituents is 2. The lowest BCUT2D eigenvalue weighted by Gasteiger charge is -2.19. The van der Waals surface area contributed by atoms with Crippen LogP contribution in [0.25, 0.3) is 0 Å². The largest absolute Gasteiger partial charge is 0.448 e. The summed E-state index contributed by atoms with van der Waals surface area (Å²) >= 11 is 0. The van der Waals surface area contributed by atoms with E-state index in [1.807, 2.05) is 10.9 Å². The average molecular weight is 565 g/mol. The highest BCUT2D eigenvalue weighted by molar-refractivity contribution is 5.73. The minimum Gasteiger partial charge on any atom is -0.448 e. The molecular weight excluding hydrogens is 528 g/mol. The third-order valence-corrected chi connectivity index (χ3v) is 4.81. The zero-order chi connectivity index (χ0) is 30.0. The van der Waals surface area contributed by atoms with Gasteiger partial charge < -0.3 is 19.3 Å². The monoisotopic (exact) mass is 564 g/mol. The van der Waals surface area contributed by atoms with Crippen LogP contribution in [-0.2, 0) is 27.1 Å². The van der Waals surface area contributed by atoms with Gasteiger partial charge in [-0.3, -0.25) is 20.2 Å². The lowest BCUT2D eigenvalue weighted by atomic mass is 10.1. The van der Waals surface area contributed by atoms with Gasteiger partial charge in [-0.05, 0) is 51.2 Å². The third kappa shape index (κ3) is 15.8. The minimum atomic E-state index is -0.835. The second-order valence-corrected chi connectivity index (χ2v) is 9.28. The first-order valence-corrected chi connectivity index (χ1v) is 12.5. The van der Waals surface area contributed by atoms with Crippen molar-refractivity contribution >= 4 is 23.6 Å². The van der Waals surface area contributed by atoms with Crippen LogP contribution in [0.4, 0.5) is 21.0 Å². The maximum absolute atomic E-state index is 11.4. The summed E-state index contributed by atoms with van der Waals surface area (Å²) in [5, 5.41) is 29.3. The van der Waals surface area contributed by atoms with Gasteiger partial charge in [0.15, 0.2) is 0 Å². The highest BCUT2D eigenvalue weighted by atomic mass is 16.6. The summed E-state index contributed by atoms with van der Waals surface area (Å²) < 4.78 is 14.7. The Labute approximate surface area is 231 Å². The number of amides is 2. The van der Waals surface area contributed by atoms with Crippen molar-refractivity contribution in [1.82, 2.24) is 10.9 Å². The smallest absolute Gasteiger partial charge is 0.426 e. The van der Waals surface area contributed by atoms with Crippen LogP contribution in [0.5, 0.6) is 0 Å². The van der Waals surface area contributed by atoms with Gasteiger partial charge in [-0.25, -0.2) is 20.4 Å². The summed E-state index contributed by atoms with van der Waals surface area (Å²) in [5.74, 6) is 0. The van der Waals surface area contributed by atoms with Crippen LogP contribution in [0, 0.1) is 20.2 Å². The molecule has 0 bridgehead atoms. The molecule has 0 radical (unpaired) electrons. The number of aliphatic hydroxyl groups excluding tert-OH is 1. The Morgan fingerprint density at radius 3 is 1.68 bits per heavy atom. The molecule has 2 aromatic rings. The van der Waals surface area contributed by atoms with Crippen molar-refractivity contribution in [3.05, 3.63) is 79.9 Å². The number of nitrogens with zero attached hydrogens (tertiary/aromatic N) is 2. The van der Waals surface area contributed by atoms with Crippen molar-refractivity contribution in [1.29, 1.82) is 0 Å². The molecule has 0 atom stereocenters. The van der Waals surface area contributed by atoms with E-state index in [0.29, 0.717) is 12.8 Å². The number of ether oxygens (including phenoxy) is 3. The Balaban J connectivity index is 0.000000385. The second kappa shape index (κ2) is 18.1. The first-order valence-electron chi connectivity index (χ1n) is 12.5. The molecule has 220 valence electrons. The van der Waals surface area contributed by atoms with Gasteiger partial charge in [-0.2, -0.15) is 0 Å².